The maximum Gasteiger partial charge on any atom is 0.254 e. The molecule has 136 valence electrons. The van der Waals surface area contributed by atoms with Crippen molar-refractivity contribution in [2.75, 3.05) is 39.4 Å². The van der Waals surface area contributed by atoms with E-state index in [-0.39, 0.29) is 11.8 Å². The van der Waals surface area contributed by atoms with Crippen molar-refractivity contribution in [3.8, 4) is 11.5 Å². The normalized spacial score (nSPS) is 17.0. The molecule has 1 fully saturated rings. The number of fused-ring (bicyclic) bond motifs is 1. The Hall–Kier alpha value is -2.24. The van der Waals surface area contributed by atoms with Crippen LogP contribution in [0.15, 0.2) is 12.1 Å². The molecular formula is C19H26N2O4. The highest BCUT2D eigenvalue weighted by atomic mass is 16.6. The average Bonchev–Trinajstić information content (AvgIpc) is 2.60. The van der Waals surface area contributed by atoms with Gasteiger partial charge in [-0.05, 0) is 30.5 Å². The van der Waals surface area contributed by atoms with Crippen LogP contribution in [-0.2, 0) is 4.79 Å². The van der Waals surface area contributed by atoms with Crippen LogP contribution in [0.5, 0.6) is 11.5 Å². The van der Waals surface area contributed by atoms with Gasteiger partial charge in [0.2, 0.25) is 5.91 Å². The topological polar surface area (TPSA) is 59.1 Å². The summed E-state index contributed by atoms with van der Waals surface area (Å²) < 4.78 is 11.2. The molecular weight excluding hydrogens is 320 g/mol. The van der Waals surface area contributed by atoms with E-state index in [0.29, 0.717) is 68.8 Å². The molecule has 2 aliphatic rings. The van der Waals surface area contributed by atoms with Crippen molar-refractivity contribution < 1.29 is 19.1 Å². The Morgan fingerprint density at radius 2 is 1.56 bits per heavy atom. The second-order valence-corrected chi connectivity index (χ2v) is 7.08. The van der Waals surface area contributed by atoms with Crippen LogP contribution < -0.4 is 9.47 Å². The van der Waals surface area contributed by atoms with Gasteiger partial charge in [0.1, 0.15) is 13.2 Å². The van der Waals surface area contributed by atoms with Crippen molar-refractivity contribution in [2.45, 2.75) is 27.2 Å². The number of ether oxygens (including phenoxy) is 2. The summed E-state index contributed by atoms with van der Waals surface area (Å²) >= 11 is 0. The Morgan fingerprint density at radius 3 is 2.16 bits per heavy atom. The SMILES string of the molecule is Cc1cc2c(cc1C(=O)N1CCN(C(=O)CC(C)C)CC1)OCCO2. The Bertz CT molecular complexity index is 664. The zero-order valence-electron chi connectivity index (χ0n) is 15.2. The number of aryl methyl sites for hydroxylation is 1. The lowest BCUT2D eigenvalue weighted by Crippen LogP contribution is -2.50. The maximum absolute atomic E-state index is 12.9. The number of nitrogens with zero attached hydrogens (tertiary/aromatic N) is 2. The van der Waals surface area contributed by atoms with E-state index in [4.69, 9.17) is 9.47 Å². The van der Waals surface area contributed by atoms with Crippen LogP contribution in [0.4, 0.5) is 0 Å². The molecule has 6 nitrogen and oxygen atoms in total. The third kappa shape index (κ3) is 3.89. The highest BCUT2D eigenvalue weighted by Crippen LogP contribution is 2.33. The van der Waals surface area contributed by atoms with E-state index in [1.54, 1.807) is 6.07 Å². The molecule has 0 N–H and O–H groups in total. The number of carbonyl (C=O) groups is 2. The van der Waals surface area contributed by atoms with Gasteiger partial charge in [-0.15, -0.1) is 0 Å². The second-order valence-electron chi connectivity index (χ2n) is 7.08. The summed E-state index contributed by atoms with van der Waals surface area (Å²) in [6.07, 6.45) is 0.565. The molecule has 0 unspecified atom stereocenters. The Labute approximate surface area is 148 Å². The fourth-order valence-electron chi connectivity index (χ4n) is 3.23. The number of rotatable bonds is 3. The number of hydrogen-bond acceptors (Lipinski definition) is 4. The van der Waals surface area contributed by atoms with Crippen LogP contribution in [0.3, 0.4) is 0 Å². The Kier molecular flexibility index (Phi) is 5.16. The van der Waals surface area contributed by atoms with Gasteiger partial charge in [-0.3, -0.25) is 9.59 Å². The first-order chi connectivity index (χ1) is 12.0. The number of amides is 2. The zero-order valence-corrected chi connectivity index (χ0v) is 15.2. The summed E-state index contributed by atoms with van der Waals surface area (Å²) in [6.45, 7) is 9.36. The van der Waals surface area contributed by atoms with Crippen molar-refractivity contribution >= 4 is 11.8 Å². The van der Waals surface area contributed by atoms with Gasteiger partial charge in [0, 0.05) is 38.2 Å². The molecule has 1 aromatic carbocycles. The molecule has 6 heteroatoms. The molecule has 0 aromatic heterocycles. The second kappa shape index (κ2) is 7.33. The minimum Gasteiger partial charge on any atom is -0.486 e. The van der Waals surface area contributed by atoms with Crippen molar-refractivity contribution in [3.05, 3.63) is 23.3 Å². The third-order valence-electron chi connectivity index (χ3n) is 4.62. The van der Waals surface area contributed by atoms with E-state index in [2.05, 4.69) is 0 Å². The Morgan fingerprint density at radius 1 is 1.00 bits per heavy atom. The van der Waals surface area contributed by atoms with Crippen LogP contribution in [-0.4, -0.2) is 61.0 Å². The van der Waals surface area contributed by atoms with Gasteiger partial charge in [-0.2, -0.15) is 0 Å². The average molecular weight is 346 g/mol. The van der Waals surface area contributed by atoms with Crippen molar-refractivity contribution in [3.63, 3.8) is 0 Å². The molecule has 2 amide bonds. The summed E-state index contributed by atoms with van der Waals surface area (Å²) in [4.78, 5) is 28.7. The molecule has 25 heavy (non-hydrogen) atoms. The standard InChI is InChI=1S/C19H26N2O4/c1-13(2)10-18(22)20-4-6-21(7-5-20)19(23)15-12-17-16(11-14(15)3)24-8-9-25-17/h11-13H,4-10H2,1-3H3. The number of carbonyl (C=O) groups excluding carboxylic acids is 2. The molecule has 0 aliphatic carbocycles. The van der Waals surface area contributed by atoms with Crippen molar-refractivity contribution in [1.82, 2.24) is 9.80 Å². The minimum atomic E-state index is -0.00886. The smallest absolute Gasteiger partial charge is 0.254 e. The minimum absolute atomic E-state index is 0.00886. The van der Waals surface area contributed by atoms with Gasteiger partial charge >= 0.3 is 0 Å². The molecule has 2 heterocycles. The van der Waals surface area contributed by atoms with E-state index in [0.717, 1.165) is 5.56 Å². The van der Waals surface area contributed by atoms with Crippen LogP contribution >= 0.6 is 0 Å². The summed E-state index contributed by atoms with van der Waals surface area (Å²) in [5, 5.41) is 0. The molecule has 0 spiro atoms. The van der Waals surface area contributed by atoms with Crippen molar-refractivity contribution in [1.29, 1.82) is 0 Å². The van der Waals surface area contributed by atoms with Crippen LogP contribution in [0.1, 0.15) is 36.2 Å². The molecule has 1 aromatic rings. The zero-order chi connectivity index (χ0) is 18.0. The summed E-state index contributed by atoms with van der Waals surface area (Å²) in [6, 6.07) is 3.65. The molecule has 0 bridgehead atoms. The molecule has 0 saturated carbocycles. The van der Waals surface area contributed by atoms with Gasteiger partial charge in [0.15, 0.2) is 11.5 Å². The number of piperazine rings is 1. The lowest BCUT2D eigenvalue weighted by Gasteiger charge is -2.35. The number of benzene rings is 1. The third-order valence-corrected chi connectivity index (χ3v) is 4.62. The lowest BCUT2D eigenvalue weighted by atomic mass is 10.1. The Balaban J connectivity index is 1.66. The van der Waals surface area contributed by atoms with Crippen LogP contribution in [0.25, 0.3) is 0 Å². The fraction of sp³-hybridized carbons (Fsp3) is 0.579. The van der Waals surface area contributed by atoms with Gasteiger partial charge in [0.05, 0.1) is 0 Å². The van der Waals surface area contributed by atoms with Gasteiger partial charge in [-0.1, -0.05) is 13.8 Å². The van der Waals surface area contributed by atoms with Gasteiger partial charge in [-0.25, -0.2) is 0 Å². The highest BCUT2D eigenvalue weighted by Gasteiger charge is 2.27. The van der Waals surface area contributed by atoms with E-state index in [1.807, 2.05) is 36.6 Å². The van der Waals surface area contributed by atoms with E-state index < -0.39 is 0 Å². The van der Waals surface area contributed by atoms with Gasteiger partial charge in [0.25, 0.3) is 5.91 Å². The van der Waals surface area contributed by atoms with Crippen LogP contribution in [0.2, 0.25) is 0 Å². The maximum atomic E-state index is 12.9. The molecule has 3 rings (SSSR count). The van der Waals surface area contributed by atoms with E-state index in [1.165, 1.54) is 0 Å². The molecule has 1 saturated heterocycles. The summed E-state index contributed by atoms with van der Waals surface area (Å²) in [7, 11) is 0. The monoisotopic (exact) mass is 346 g/mol. The molecule has 2 aliphatic heterocycles. The fourth-order valence-corrected chi connectivity index (χ4v) is 3.23. The first-order valence-electron chi connectivity index (χ1n) is 8.93. The van der Waals surface area contributed by atoms with Crippen molar-refractivity contribution in [2.24, 2.45) is 5.92 Å². The number of hydrogen-bond donors (Lipinski definition) is 0. The summed E-state index contributed by atoms with van der Waals surface area (Å²) in [5.74, 6) is 1.85. The quantitative estimate of drug-likeness (QED) is 0.841. The highest BCUT2D eigenvalue weighted by molar-refractivity contribution is 5.96. The first kappa shape index (κ1) is 17.6. The molecule has 0 atom stereocenters. The van der Waals surface area contributed by atoms with E-state index in [9.17, 15) is 9.59 Å². The van der Waals surface area contributed by atoms with Gasteiger partial charge < -0.3 is 19.3 Å². The predicted octanol–water partition coefficient (Wildman–Crippen LogP) is 2.10. The lowest BCUT2D eigenvalue weighted by molar-refractivity contribution is -0.133. The molecule has 0 radical (unpaired) electrons. The predicted molar refractivity (Wildman–Crippen MR) is 94.1 cm³/mol. The van der Waals surface area contributed by atoms with E-state index >= 15 is 0 Å². The van der Waals surface area contributed by atoms with Crippen LogP contribution in [0, 0.1) is 12.8 Å². The summed E-state index contributed by atoms with van der Waals surface area (Å²) in [5.41, 5.74) is 1.53. The largest absolute Gasteiger partial charge is 0.486 e. The first-order valence-corrected chi connectivity index (χ1v) is 8.93.